The molecule has 2 aliphatic rings. The summed E-state index contributed by atoms with van der Waals surface area (Å²) in [6, 6.07) is 5.32. The zero-order valence-corrected chi connectivity index (χ0v) is 20.6. The fourth-order valence-corrected chi connectivity index (χ4v) is 5.54. The molecule has 6 nitrogen and oxygen atoms in total. The van der Waals surface area contributed by atoms with Crippen molar-refractivity contribution >= 4 is 39.9 Å². The highest BCUT2D eigenvalue weighted by atomic mass is 32.2. The standard InChI is InChI=1S/C25H19F7N4O2S/c26-18-11-33-6-5-20(18)36-22(37)21(39-23(36)38)8-13-1-4-19-15(7-13)10-34-35(19)12-14-2-3-16(24(27,28)29)9-17(14)25(30,31)32/h1-4,7-10,18,20,33H,5-6,11-12H2/t18-,20-/m0/s1. The van der Waals surface area contributed by atoms with Crippen LogP contribution in [0.1, 0.15) is 28.7 Å². The average molecular weight is 573 g/mol. The summed E-state index contributed by atoms with van der Waals surface area (Å²) in [5.74, 6) is -0.600. The maximum absolute atomic E-state index is 14.3. The predicted octanol–water partition coefficient (Wildman–Crippen LogP) is 5.86. The largest absolute Gasteiger partial charge is 0.416 e. The van der Waals surface area contributed by atoms with Gasteiger partial charge in [-0.05, 0) is 66.2 Å². The van der Waals surface area contributed by atoms with Gasteiger partial charge in [-0.3, -0.25) is 19.2 Å². The lowest BCUT2D eigenvalue weighted by atomic mass is 10.0. The Morgan fingerprint density at radius 3 is 2.51 bits per heavy atom. The van der Waals surface area contributed by atoms with Gasteiger partial charge in [-0.15, -0.1) is 0 Å². The third-order valence-electron chi connectivity index (χ3n) is 6.56. The third-order valence-corrected chi connectivity index (χ3v) is 7.44. The number of nitrogens with zero attached hydrogens (tertiary/aromatic N) is 3. The van der Waals surface area contributed by atoms with Crippen molar-refractivity contribution in [3.8, 4) is 0 Å². The molecule has 0 radical (unpaired) electrons. The number of hydrogen-bond acceptors (Lipinski definition) is 5. The second kappa shape index (κ2) is 9.97. The molecule has 3 aromatic rings. The van der Waals surface area contributed by atoms with Crippen molar-refractivity contribution in [2.24, 2.45) is 0 Å². The fourth-order valence-electron chi connectivity index (χ4n) is 4.65. The minimum absolute atomic E-state index is 0.0447. The highest BCUT2D eigenvalue weighted by Crippen LogP contribution is 2.38. The molecule has 0 saturated carbocycles. The van der Waals surface area contributed by atoms with E-state index in [1.807, 2.05) is 0 Å². The van der Waals surface area contributed by atoms with Crippen molar-refractivity contribution < 1.29 is 40.3 Å². The number of rotatable bonds is 4. The number of hydrogen-bond donors (Lipinski definition) is 1. The molecule has 2 amide bonds. The first kappa shape index (κ1) is 27.2. The van der Waals surface area contributed by atoms with Gasteiger partial charge in [0.05, 0.1) is 40.3 Å². The van der Waals surface area contributed by atoms with E-state index in [4.69, 9.17) is 0 Å². The molecule has 39 heavy (non-hydrogen) atoms. The quantitative estimate of drug-likeness (QED) is 0.314. The van der Waals surface area contributed by atoms with Gasteiger partial charge in [0.2, 0.25) is 0 Å². The molecule has 2 aliphatic heterocycles. The number of piperidine rings is 1. The van der Waals surface area contributed by atoms with E-state index >= 15 is 0 Å². The summed E-state index contributed by atoms with van der Waals surface area (Å²) in [6.07, 6.45) is -8.18. The molecule has 14 heteroatoms. The summed E-state index contributed by atoms with van der Waals surface area (Å²) in [4.78, 5) is 26.4. The van der Waals surface area contributed by atoms with Crippen molar-refractivity contribution in [2.75, 3.05) is 13.1 Å². The summed E-state index contributed by atoms with van der Waals surface area (Å²) < 4.78 is 95.2. The number of fused-ring (bicyclic) bond motifs is 1. The van der Waals surface area contributed by atoms with E-state index in [2.05, 4.69) is 10.4 Å². The van der Waals surface area contributed by atoms with Crippen LogP contribution in [0.15, 0.2) is 47.5 Å². The molecule has 1 N–H and O–H groups in total. The van der Waals surface area contributed by atoms with Gasteiger partial charge in [0.25, 0.3) is 11.1 Å². The number of thioether (sulfide) groups is 1. The molecule has 3 heterocycles. The molecule has 0 aliphatic carbocycles. The maximum atomic E-state index is 14.3. The Kier molecular flexibility index (Phi) is 6.95. The van der Waals surface area contributed by atoms with E-state index in [0.717, 1.165) is 11.0 Å². The monoisotopic (exact) mass is 572 g/mol. The Labute approximate surface area is 220 Å². The van der Waals surface area contributed by atoms with Crippen LogP contribution in [0.25, 0.3) is 17.0 Å². The highest BCUT2D eigenvalue weighted by Gasteiger charge is 2.44. The molecule has 2 saturated heterocycles. The molecule has 2 fully saturated rings. The van der Waals surface area contributed by atoms with Gasteiger partial charge in [-0.1, -0.05) is 12.1 Å². The van der Waals surface area contributed by atoms with Crippen LogP contribution in [-0.2, 0) is 23.7 Å². The van der Waals surface area contributed by atoms with E-state index in [0.29, 0.717) is 47.3 Å². The van der Waals surface area contributed by atoms with E-state index < -0.39 is 53.4 Å². The molecule has 2 aromatic carbocycles. The summed E-state index contributed by atoms with van der Waals surface area (Å²) in [7, 11) is 0. The Morgan fingerprint density at radius 2 is 1.82 bits per heavy atom. The SMILES string of the molecule is O=C1SC(=Cc2ccc3c(cnn3Cc3ccc(C(F)(F)F)cc3C(F)(F)F)c2)C(=O)N1[C@H]1CCNC[C@@H]1F. The molecule has 0 bridgehead atoms. The van der Waals surface area contributed by atoms with Crippen molar-refractivity contribution in [3.05, 3.63) is 69.8 Å². The molecular weight excluding hydrogens is 553 g/mol. The molecule has 2 atom stereocenters. The second-order valence-electron chi connectivity index (χ2n) is 9.12. The number of amides is 2. The zero-order valence-electron chi connectivity index (χ0n) is 19.8. The Balaban J connectivity index is 1.40. The van der Waals surface area contributed by atoms with Gasteiger partial charge >= 0.3 is 12.4 Å². The van der Waals surface area contributed by atoms with Crippen LogP contribution in [-0.4, -0.2) is 51.1 Å². The molecule has 5 rings (SSSR count). The lowest BCUT2D eigenvalue weighted by Gasteiger charge is -2.32. The number of alkyl halides is 7. The maximum Gasteiger partial charge on any atom is 0.416 e. The van der Waals surface area contributed by atoms with Gasteiger partial charge in [0, 0.05) is 11.9 Å². The number of halogens is 7. The van der Waals surface area contributed by atoms with Crippen LogP contribution < -0.4 is 5.32 Å². The minimum atomic E-state index is -5.01. The number of nitrogens with one attached hydrogen (secondary N) is 1. The van der Waals surface area contributed by atoms with E-state index in [9.17, 15) is 40.3 Å². The predicted molar refractivity (Wildman–Crippen MR) is 129 cm³/mol. The highest BCUT2D eigenvalue weighted by molar-refractivity contribution is 8.18. The molecular formula is C25H19F7N4O2S. The third kappa shape index (κ3) is 5.39. The van der Waals surface area contributed by atoms with Crippen molar-refractivity contribution in [1.82, 2.24) is 20.0 Å². The molecule has 0 unspecified atom stereocenters. The van der Waals surface area contributed by atoms with E-state index in [1.165, 1.54) is 17.0 Å². The second-order valence-corrected chi connectivity index (χ2v) is 10.1. The van der Waals surface area contributed by atoms with Crippen molar-refractivity contribution in [1.29, 1.82) is 0 Å². The summed E-state index contributed by atoms with van der Waals surface area (Å²) in [6.45, 7) is 0.0852. The zero-order chi connectivity index (χ0) is 28.1. The summed E-state index contributed by atoms with van der Waals surface area (Å²) in [5.41, 5.74) is -2.29. The Hall–Kier alpha value is -3.39. The van der Waals surface area contributed by atoms with Crippen LogP contribution in [0.4, 0.5) is 35.5 Å². The first-order chi connectivity index (χ1) is 18.3. The van der Waals surface area contributed by atoms with E-state index in [-0.39, 0.29) is 23.1 Å². The first-order valence-corrected chi connectivity index (χ1v) is 12.5. The van der Waals surface area contributed by atoms with Crippen LogP contribution in [0.3, 0.4) is 0 Å². The number of benzene rings is 2. The lowest BCUT2D eigenvalue weighted by molar-refractivity contribution is -0.143. The van der Waals surface area contributed by atoms with E-state index in [1.54, 1.807) is 18.2 Å². The molecule has 206 valence electrons. The summed E-state index contributed by atoms with van der Waals surface area (Å²) in [5, 5.41) is 6.89. The van der Waals surface area contributed by atoms with Gasteiger partial charge < -0.3 is 5.32 Å². The smallest absolute Gasteiger partial charge is 0.314 e. The summed E-state index contributed by atoms with van der Waals surface area (Å²) >= 11 is 0.695. The number of carbonyl (C=O) groups excluding carboxylic acids is 2. The van der Waals surface area contributed by atoms with Crippen molar-refractivity contribution in [2.45, 2.75) is 37.5 Å². The fraction of sp³-hybridized carbons (Fsp3) is 0.320. The van der Waals surface area contributed by atoms with Crippen LogP contribution in [0.5, 0.6) is 0 Å². The average Bonchev–Trinajstić information content (AvgIpc) is 3.37. The number of imide groups is 1. The van der Waals surface area contributed by atoms with Gasteiger partial charge in [-0.25, -0.2) is 4.39 Å². The molecule has 1 aromatic heterocycles. The Morgan fingerprint density at radius 1 is 1.05 bits per heavy atom. The topological polar surface area (TPSA) is 67.2 Å². The van der Waals surface area contributed by atoms with Crippen LogP contribution >= 0.6 is 11.8 Å². The minimum Gasteiger partial charge on any atom is -0.314 e. The molecule has 0 spiro atoms. The van der Waals surface area contributed by atoms with Gasteiger partial charge in [0.15, 0.2) is 0 Å². The van der Waals surface area contributed by atoms with Crippen molar-refractivity contribution in [3.63, 3.8) is 0 Å². The number of carbonyl (C=O) groups is 2. The van der Waals surface area contributed by atoms with Gasteiger partial charge in [0.1, 0.15) is 6.17 Å². The van der Waals surface area contributed by atoms with Gasteiger partial charge in [-0.2, -0.15) is 31.4 Å². The first-order valence-electron chi connectivity index (χ1n) is 11.7. The van der Waals surface area contributed by atoms with Crippen LogP contribution in [0.2, 0.25) is 0 Å². The Bertz CT molecular complexity index is 1480. The lowest BCUT2D eigenvalue weighted by Crippen LogP contribution is -2.52. The normalized spacial score (nSPS) is 21.9. The number of aromatic nitrogens is 2. The van der Waals surface area contributed by atoms with Crippen LogP contribution in [0, 0.1) is 0 Å².